The number of rotatable bonds is 7. The predicted molar refractivity (Wildman–Crippen MR) is 111 cm³/mol. The zero-order chi connectivity index (χ0) is 17.7. The number of hydrogen-bond donors (Lipinski definition) is 0. The highest BCUT2D eigenvalue weighted by Gasteiger charge is 2.18. The second-order valence-corrected chi connectivity index (χ2v) is 7.40. The lowest BCUT2D eigenvalue weighted by atomic mass is 9.80. The van der Waals surface area contributed by atoms with Crippen LogP contribution in [0.15, 0.2) is 42.5 Å². The van der Waals surface area contributed by atoms with E-state index in [1.807, 2.05) is 6.08 Å². The van der Waals surface area contributed by atoms with Crippen molar-refractivity contribution in [1.82, 2.24) is 0 Å². The van der Waals surface area contributed by atoms with Crippen molar-refractivity contribution in [3.8, 4) is 11.8 Å². The quantitative estimate of drug-likeness (QED) is 0.462. The maximum absolute atomic E-state index is 3.16. The first-order valence-corrected chi connectivity index (χ1v) is 10.2. The average molecular weight is 335 g/mol. The SMILES string of the molecule is CCCCc1ccc(C=CC#CC=CC2CCC(CCC)CC2)cc1. The molecule has 2 rings (SSSR count). The van der Waals surface area contributed by atoms with E-state index in [0.717, 1.165) is 11.8 Å². The Morgan fingerprint density at radius 1 is 0.920 bits per heavy atom. The van der Waals surface area contributed by atoms with E-state index in [0.29, 0.717) is 0 Å². The molecule has 1 aromatic carbocycles. The van der Waals surface area contributed by atoms with Gasteiger partial charge in [0, 0.05) is 0 Å². The highest BCUT2D eigenvalue weighted by Crippen LogP contribution is 2.31. The van der Waals surface area contributed by atoms with E-state index in [-0.39, 0.29) is 0 Å². The van der Waals surface area contributed by atoms with Crippen LogP contribution in [-0.4, -0.2) is 0 Å². The van der Waals surface area contributed by atoms with Crippen LogP contribution in [0, 0.1) is 23.7 Å². The molecule has 0 nitrogen and oxygen atoms in total. The standard InChI is InChI=1S/C25H34/c1-3-5-11-23-18-20-25(21-19-23)13-9-7-6-8-12-24-16-14-22(10-4-2)15-17-24/h8-9,12-13,18-22,24H,3-5,10-11,14-17H2,1-2H3. The molecule has 25 heavy (non-hydrogen) atoms. The number of hydrogen-bond acceptors (Lipinski definition) is 0. The van der Waals surface area contributed by atoms with Crippen molar-refractivity contribution in [2.75, 3.05) is 0 Å². The van der Waals surface area contributed by atoms with Crippen LogP contribution in [0.5, 0.6) is 0 Å². The molecule has 0 saturated heterocycles. The fourth-order valence-corrected chi connectivity index (χ4v) is 3.67. The number of aryl methyl sites for hydroxylation is 1. The Morgan fingerprint density at radius 2 is 1.64 bits per heavy atom. The zero-order valence-electron chi connectivity index (χ0n) is 16.1. The Bertz CT molecular complexity index is 583. The van der Waals surface area contributed by atoms with Gasteiger partial charge in [0.15, 0.2) is 0 Å². The van der Waals surface area contributed by atoms with Crippen LogP contribution in [0.1, 0.15) is 76.3 Å². The van der Waals surface area contributed by atoms with E-state index in [9.17, 15) is 0 Å². The maximum atomic E-state index is 3.16. The summed E-state index contributed by atoms with van der Waals surface area (Å²) in [5.74, 6) is 8.03. The summed E-state index contributed by atoms with van der Waals surface area (Å²) >= 11 is 0. The third-order valence-electron chi connectivity index (χ3n) is 5.28. The first kappa shape index (κ1) is 19.6. The molecule has 1 aromatic rings. The van der Waals surface area contributed by atoms with Gasteiger partial charge in [-0.25, -0.2) is 0 Å². The van der Waals surface area contributed by atoms with E-state index in [1.165, 1.54) is 68.9 Å². The first-order valence-electron chi connectivity index (χ1n) is 10.2. The van der Waals surface area contributed by atoms with Crippen molar-refractivity contribution >= 4 is 6.08 Å². The summed E-state index contributed by atoms with van der Waals surface area (Å²) in [6.45, 7) is 4.54. The summed E-state index contributed by atoms with van der Waals surface area (Å²) in [6.07, 6.45) is 20.4. The molecule has 0 heteroatoms. The van der Waals surface area contributed by atoms with Crippen molar-refractivity contribution in [2.24, 2.45) is 11.8 Å². The average Bonchev–Trinajstić information content (AvgIpc) is 2.65. The van der Waals surface area contributed by atoms with Crippen molar-refractivity contribution in [1.29, 1.82) is 0 Å². The molecule has 0 radical (unpaired) electrons. The lowest BCUT2D eigenvalue weighted by molar-refractivity contribution is 0.294. The Balaban J connectivity index is 1.72. The Hall–Kier alpha value is -1.74. The molecular weight excluding hydrogens is 300 g/mol. The molecule has 1 aliphatic carbocycles. The largest absolute Gasteiger partial charge is 0.0730 e. The molecule has 0 aromatic heterocycles. The summed E-state index contributed by atoms with van der Waals surface area (Å²) in [5.41, 5.74) is 2.66. The highest BCUT2D eigenvalue weighted by atomic mass is 14.2. The topological polar surface area (TPSA) is 0 Å². The number of benzene rings is 1. The lowest BCUT2D eigenvalue weighted by Gasteiger charge is -2.26. The van der Waals surface area contributed by atoms with Gasteiger partial charge in [-0.05, 0) is 79.7 Å². The molecule has 0 aliphatic heterocycles. The van der Waals surface area contributed by atoms with Gasteiger partial charge in [0.25, 0.3) is 0 Å². The van der Waals surface area contributed by atoms with Gasteiger partial charge < -0.3 is 0 Å². The third kappa shape index (κ3) is 7.78. The summed E-state index contributed by atoms with van der Waals surface area (Å²) in [5, 5.41) is 0. The van der Waals surface area contributed by atoms with Gasteiger partial charge in [-0.1, -0.05) is 75.3 Å². The minimum Gasteiger partial charge on any atom is -0.0730 e. The Labute approximate surface area is 155 Å². The van der Waals surface area contributed by atoms with Crippen LogP contribution in [0.3, 0.4) is 0 Å². The molecule has 134 valence electrons. The van der Waals surface area contributed by atoms with E-state index in [1.54, 1.807) is 0 Å². The maximum Gasteiger partial charge on any atom is -0.0109 e. The summed E-state index contributed by atoms with van der Waals surface area (Å²) in [6, 6.07) is 8.84. The molecule has 0 unspecified atom stereocenters. The minimum atomic E-state index is 0.752. The predicted octanol–water partition coefficient (Wildman–Crippen LogP) is 7.21. The molecule has 0 spiro atoms. The van der Waals surface area contributed by atoms with Gasteiger partial charge in [-0.15, -0.1) is 0 Å². The van der Waals surface area contributed by atoms with Gasteiger partial charge in [-0.3, -0.25) is 0 Å². The van der Waals surface area contributed by atoms with E-state index < -0.39 is 0 Å². The first-order chi connectivity index (χ1) is 12.3. The van der Waals surface area contributed by atoms with Gasteiger partial charge >= 0.3 is 0 Å². The highest BCUT2D eigenvalue weighted by molar-refractivity contribution is 5.53. The van der Waals surface area contributed by atoms with Crippen LogP contribution in [0.2, 0.25) is 0 Å². The van der Waals surface area contributed by atoms with Gasteiger partial charge in [-0.2, -0.15) is 0 Å². The van der Waals surface area contributed by atoms with Gasteiger partial charge in [0.1, 0.15) is 0 Å². The molecule has 0 heterocycles. The second-order valence-electron chi connectivity index (χ2n) is 7.40. The molecule has 0 amide bonds. The second kappa shape index (κ2) is 11.8. The van der Waals surface area contributed by atoms with Gasteiger partial charge in [0.2, 0.25) is 0 Å². The molecule has 1 aliphatic rings. The van der Waals surface area contributed by atoms with E-state index in [4.69, 9.17) is 0 Å². The molecule has 0 bridgehead atoms. The van der Waals surface area contributed by atoms with Crippen LogP contribution >= 0.6 is 0 Å². The Morgan fingerprint density at radius 3 is 2.32 bits per heavy atom. The number of unbranched alkanes of at least 4 members (excludes halogenated alkanes) is 1. The fourth-order valence-electron chi connectivity index (χ4n) is 3.67. The smallest absolute Gasteiger partial charge is 0.0109 e. The lowest BCUT2D eigenvalue weighted by Crippen LogP contribution is -2.12. The normalized spacial score (nSPS) is 20.7. The van der Waals surface area contributed by atoms with E-state index >= 15 is 0 Å². The molecule has 0 N–H and O–H groups in total. The summed E-state index contributed by atoms with van der Waals surface area (Å²) < 4.78 is 0. The zero-order valence-corrected chi connectivity index (χ0v) is 16.1. The van der Waals surface area contributed by atoms with Crippen molar-refractivity contribution in [2.45, 2.75) is 71.6 Å². The minimum absolute atomic E-state index is 0.752. The van der Waals surface area contributed by atoms with E-state index in [2.05, 4.69) is 68.2 Å². The monoisotopic (exact) mass is 334 g/mol. The van der Waals surface area contributed by atoms with Crippen molar-refractivity contribution in [3.63, 3.8) is 0 Å². The summed E-state index contributed by atoms with van der Waals surface area (Å²) in [7, 11) is 0. The fraction of sp³-hybridized carbons (Fsp3) is 0.520. The van der Waals surface area contributed by atoms with Crippen molar-refractivity contribution < 1.29 is 0 Å². The summed E-state index contributed by atoms with van der Waals surface area (Å²) in [4.78, 5) is 0. The molecular formula is C25H34. The molecule has 0 atom stereocenters. The number of allylic oxidation sites excluding steroid dienone is 3. The molecule has 1 saturated carbocycles. The van der Waals surface area contributed by atoms with Crippen molar-refractivity contribution in [3.05, 3.63) is 53.6 Å². The molecule has 1 fully saturated rings. The van der Waals surface area contributed by atoms with Crippen LogP contribution in [0.25, 0.3) is 6.08 Å². The third-order valence-corrected chi connectivity index (χ3v) is 5.28. The van der Waals surface area contributed by atoms with Crippen LogP contribution < -0.4 is 0 Å². The van der Waals surface area contributed by atoms with Gasteiger partial charge in [0.05, 0.1) is 0 Å². The van der Waals surface area contributed by atoms with Crippen LogP contribution in [0.4, 0.5) is 0 Å². The Kier molecular flexibility index (Phi) is 9.21. The van der Waals surface area contributed by atoms with Crippen LogP contribution in [-0.2, 0) is 6.42 Å².